The van der Waals surface area contributed by atoms with Gasteiger partial charge in [0.15, 0.2) is 22.9 Å². The van der Waals surface area contributed by atoms with Gasteiger partial charge in [0, 0.05) is 0 Å². The summed E-state index contributed by atoms with van der Waals surface area (Å²) in [5.41, 5.74) is 22.1. The van der Waals surface area contributed by atoms with Crippen LogP contribution < -0.4 is 34.3 Å². The van der Waals surface area contributed by atoms with Crippen LogP contribution in [0.2, 0.25) is 0 Å². The van der Waals surface area contributed by atoms with Crippen LogP contribution in [0.1, 0.15) is 0 Å². The highest BCUT2D eigenvalue weighted by molar-refractivity contribution is 7.79. The monoisotopic (exact) mass is 448 g/mol. The van der Waals surface area contributed by atoms with Crippen molar-refractivity contribution in [2.45, 2.75) is 0 Å². The van der Waals surface area contributed by atoms with Crippen molar-refractivity contribution < 1.29 is 23.0 Å². The topological polar surface area (TPSA) is 359 Å². The standard InChI is InChI=1S/2C5H6N6O.H2O4S.H2O/c2*6-2-1-3(10-4(7)9-2)11-5(12)8-1;1-5(2,3)4;/h2*(H6,6,7,8,9,10,11,12);(H2,1,2,3,4);1H2. The fourth-order valence-corrected chi connectivity index (χ4v) is 1.92. The van der Waals surface area contributed by atoms with E-state index in [0.29, 0.717) is 22.3 Å². The van der Waals surface area contributed by atoms with Crippen LogP contribution in [0.15, 0.2) is 9.59 Å². The zero-order valence-corrected chi connectivity index (χ0v) is 15.4. The summed E-state index contributed by atoms with van der Waals surface area (Å²) >= 11 is 0. The number of nitrogens with zero attached hydrogens (tertiary/aromatic N) is 4. The molecule has 19 nitrogen and oxygen atoms in total. The lowest BCUT2D eigenvalue weighted by Crippen LogP contribution is -2.00. The largest absolute Gasteiger partial charge is 0.412 e. The smallest absolute Gasteiger partial charge is 0.394 e. The molecule has 4 heterocycles. The maximum atomic E-state index is 10.8. The van der Waals surface area contributed by atoms with E-state index in [1.165, 1.54) is 0 Å². The number of nitrogens with two attached hydrogens (primary N) is 4. The molecule has 4 aromatic rings. The van der Waals surface area contributed by atoms with Crippen LogP contribution in [0.4, 0.5) is 23.5 Å². The van der Waals surface area contributed by atoms with Gasteiger partial charge in [-0.15, -0.1) is 0 Å². The fraction of sp³-hybridized carbons (Fsp3) is 0. The van der Waals surface area contributed by atoms with Gasteiger partial charge < -0.3 is 38.4 Å². The summed E-state index contributed by atoms with van der Waals surface area (Å²) in [7, 11) is -4.67. The maximum absolute atomic E-state index is 10.8. The Labute approximate surface area is 163 Å². The lowest BCUT2D eigenvalue weighted by Gasteiger charge is -1.94. The number of nitrogen functional groups attached to an aromatic ring is 4. The first-order valence-electron chi connectivity index (χ1n) is 7.05. The van der Waals surface area contributed by atoms with Crippen molar-refractivity contribution >= 4 is 56.3 Å². The summed E-state index contributed by atoms with van der Waals surface area (Å²) in [5.74, 6) is 0.400. The van der Waals surface area contributed by atoms with Crippen LogP contribution in [0, 0.1) is 0 Å². The second-order valence-electron chi connectivity index (χ2n) is 4.99. The molecule has 0 aliphatic carbocycles. The second kappa shape index (κ2) is 8.82. The van der Waals surface area contributed by atoms with E-state index in [1.54, 1.807) is 0 Å². The third-order valence-electron chi connectivity index (χ3n) is 2.85. The minimum absolute atomic E-state index is 0. The van der Waals surface area contributed by atoms with Gasteiger partial charge in [0.1, 0.15) is 11.0 Å². The van der Waals surface area contributed by atoms with Crippen molar-refractivity contribution in [1.82, 2.24) is 39.9 Å². The third kappa shape index (κ3) is 6.41. The summed E-state index contributed by atoms with van der Waals surface area (Å²) in [6, 6.07) is 0. The average Bonchev–Trinajstić information content (AvgIpc) is 3.08. The van der Waals surface area contributed by atoms with Gasteiger partial charge in [-0.25, -0.2) is 9.59 Å². The number of nitrogens with one attached hydrogen (secondary N) is 4. The zero-order valence-electron chi connectivity index (χ0n) is 14.5. The number of aromatic amines is 4. The number of anilines is 4. The summed E-state index contributed by atoms with van der Waals surface area (Å²) < 4.78 is 31.6. The van der Waals surface area contributed by atoms with Gasteiger partial charge in [-0.2, -0.15) is 28.4 Å². The van der Waals surface area contributed by atoms with E-state index in [-0.39, 0.29) is 40.4 Å². The highest BCUT2D eigenvalue weighted by atomic mass is 32.3. The molecule has 0 aromatic carbocycles. The Bertz CT molecular complexity index is 1280. The first kappa shape index (κ1) is 23.8. The molecular weight excluding hydrogens is 432 g/mol. The summed E-state index contributed by atoms with van der Waals surface area (Å²) in [4.78, 5) is 46.1. The van der Waals surface area contributed by atoms with Crippen LogP contribution in [-0.2, 0) is 10.4 Å². The Kier molecular flexibility index (Phi) is 6.99. The molecule has 0 fully saturated rings. The highest BCUT2D eigenvalue weighted by Gasteiger charge is 2.06. The van der Waals surface area contributed by atoms with Crippen molar-refractivity contribution in [3.8, 4) is 0 Å². The van der Waals surface area contributed by atoms with Crippen molar-refractivity contribution in [2.24, 2.45) is 0 Å². The SMILES string of the molecule is Nc1nc(N)c2[nH]c(=O)[nH]c2n1.Nc1nc(N)c2[nH]c(=O)[nH]c2n1.O.O=S(=O)(O)O. The molecule has 0 spiro atoms. The van der Waals surface area contributed by atoms with E-state index < -0.39 is 10.4 Å². The van der Waals surface area contributed by atoms with Crippen molar-refractivity contribution in [3.05, 3.63) is 21.0 Å². The molecule has 0 saturated heterocycles. The lowest BCUT2D eigenvalue weighted by atomic mass is 10.5. The number of hydrogen-bond donors (Lipinski definition) is 10. The number of rotatable bonds is 0. The normalized spacial score (nSPS) is 10.5. The van der Waals surface area contributed by atoms with E-state index in [0.717, 1.165) is 0 Å². The van der Waals surface area contributed by atoms with Gasteiger partial charge in [0.05, 0.1) is 0 Å². The number of hydrogen-bond acceptors (Lipinski definition) is 12. The number of imidazole rings is 2. The van der Waals surface area contributed by atoms with Crippen molar-refractivity contribution in [2.75, 3.05) is 22.9 Å². The van der Waals surface area contributed by atoms with E-state index >= 15 is 0 Å². The molecule has 0 bridgehead atoms. The molecule has 16 N–H and O–H groups in total. The van der Waals surface area contributed by atoms with Crippen molar-refractivity contribution in [3.63, 3.8) is 0 Å². The van der Waals surface area contributed by atoms with E-state index in [9.17, 15) is 9.59 Å². The van der Waals surface area contributed by atoms with Gasteiger partial charge in [-0.3, -0.25) is 19.1 Å². The Morgan fingerprint density at radius 1 is 0.667 bits per heavy atom. The molecule has 0 saturated carbocycles. The predicted octanol–water partition coefficient (Wildman–Crippen LogP) is -3.86. The highest BCUT2D eigenvalue weighted by Crippen LogP contribution is 2.12. The second-order valence-corrected chi connectivity index (χ2v) is 5.88. The summed E-state index contributed by atoms with van der Waals surface area (Å²) in [6.07, 6.45) is 0. The minimum Gasteiger partial charge on any atom is -0.412 e. The van der Waals surface area contributed by atoms with Gasteiger partial charge >= 0.3 is 21.8 Å². The van der Waals surface area contributed by atoms with Gasteiger partial charge in [-0.1, -0.05) is 0 Å². The van der Waals surface area contributed by atoms with E-state index in [2.05, 4.69) is 39.9 Å². The predicted molar refractivity (Wildman–Crippen MR) is 104 cm³/mol. The Hall–Kier alpha value is -4.27. The molecule has 0 aliphatic rings. The maximum Gasteiger partial charge on any atom is 0.394 e. The number of aromatic nitrogens is 8. The Balaban J connectivity index is 0.000000241. The molecule has 4 aromatic heterocycles. The molecule has 0 atom stereocenters. The molecule has 30 heavy (non-hydrogen) atoms. The first-order valence-corrected chi connectivity index (χ1v) is 8.45. The minimum atomic E-state index is -4.67. The fourth-order valence-electron chi connectivity index (χ4n) is 1.92. The Morgan fingerprint density at radius 3 is 1.27 bits per heavy atom. The van der Waals surface area contributed by atoms with Crippen molar-refractivity contribution in [1.29, 1.82) is 0 Å². The molecule has 0 amide bonds. The molecular formula is C10H16N12O7S. The van der Waals surface area contributed by atoms with Gasteiger partial charge in [0.25, 0.3) is 0 Å². The molecule has 20 heteroatoms. The molecule has 0 radical (unpaired) electrons. The average molecular weight is 448 g/mol. The molecule has 4 rings (SSSR count). The Morgan fingerprint density at radius 2 is 0.967 bits per heavy atom. The van der Waals surface area contributed by atoms with Gasteiger partial charge in [-0.05, 0) is 0 Å². The van der Waals surface area contributed by atoms with Crippen LogP contribution in [0.25, 0.3) is 22.3 Å². The lowest BCUT2D eigenvalue weighted by molar-refractivity contribution is 0.381. The summed E-state index contributed by atoms with van der Waals surface area (Å²) in [6.45, 7) is 0. The van der Waals surface area contributed by atoms with Crippen LogP contribution in [0.5, 0.6) is 0 Å². The number of fused-ring (bicyclic) bond motifs is 2. The van der Waals surface area contributed by atoms with E-state index in [1.807, 2.05) is 0 Å². The van der Waals surface area contributed by atoms with Crippen LogP contribution in [-0.4, -0.2) is 62.9 Å². The summed E-state index contributed by atoms with van der Waals surface area (Å²) in [5, 5.41) is 0. The zero-order chi connectivity index (χ0) is 21.9. The molecule has 0 unspecified atom stereocenters. The quantitative estimate of drug-likeness (QED) is 0.115. The molecule has 0 aliphatic heterocycles. The van der Waals surface area contributed by atoms with Crippen LogP contribution in [0.3, 0.4) is 0 Å². The number of H-pyrrole nitrogens is 4. The van der Waals surface area contributed by atoms with Gasteiger partial charge in [0.2, 0.25) is 11.9 Å². The third-order valence-corrected chi connectivity index (χ3v) is 2.85. The van der Waals surface area contributed by atoms with E-state index in [4.69, 9.17) is 40.5 Å². The van der Waals surface area contributed by atoms with Crippen LogP contribution >= 0.6 is 0 Å². The first-order chi connectivity index (χ1) is 13.3. The molecule has 164 valence electrons.